The van der Waals surface area contributed by atoms with Crippen molar-refractivity contribution in [1.29, 1.82) is 0 Å². The van der Waals surface area contributed by atoms with Crippen LogP contribution in [-0.4, -0.2) is 14.6 Å². The Hall–Kier alpha value is 0.130. The summed E-state index contributed by atoms with van der Waals surface area (Å²) >= 11 is 0. The van der Waals surface area contributed by atoms with Crippen LogP contribution in [0.4, 0.5) is 0 Å². The molecule has 2 aliphatic carbocycles. The third-order valence-corrected chi connectivity index (χ3v) is 5.68. The predicted molar refractivity (Wildman–Crippen MR) is 86.3 cm³/mol. The van der Waals surface area contributed by atoms with Gasteiger partial charge in [-0.3, -0.25) is 0 Å². The third kappa shape index (κ3) is 4.35. The normalized spacial score (nSPS) is 34.2. The summed E-state index contributed by atoms with van der Waals surface area (Å²) in [5, 5.41) is 0.613. The van der Waals surface area contributed by atoms with Gasteiger partial charge in [0.1, 0.15) is 14.6 Å². The van der Waals surface area contributed by atoms with Gasteiger partial charge >= 0.3 is 0 Å². The molecule has 0 radical (unpaired) electrons. The lowest BCUT2D eigenvalue weighted by Gasteiger charge is -2.23. The fourth-order valence-electron chi connectivity index (χ4n) is 4.05. The van der Waals surface area contributed by atoms with E-state index in [1.54, 1.807) is 6.42 Å². The number of hydrogen-bond acceptors (Lipinski definition) is 0. The van der Waals surface area contributed by atoms with E-state index in [0.29, 0.717) is 5.31 Å². The number of rotatable bonds is 9. The maximum Gasteiger partial charge on any atom is 0.119 e. The Morgan fingerprint density at radius 1 is 0.944 bits per heavy atom. The van der Waals surface area contributed by atoms with Gasteiger partial charge in [0, 0.05) is 0 Å². The molecule has 0 aromatic rings. The van der Waals surface area contributed by atoms with Crippen molar-refractivity contribution in [3.05, 3.63) is 0 Å². The minimum atomic E-state index is 0.613. The van der Waals surface area contributed by atoms with Crippen molar-refractivity contribution in [2.45, 2.75) is 77.7 Å². The zero-order valence-electron chi connectivity index (χ0n) is 13.2. The van der Waals surface area contributed by atoms with E-state index in [0.717, 1.165) is 23.7 Å². The maximum atomic E-state index is 2.50. The van der Waals surface area contributed by atoms with Gasteiger partial charge in [0.15, 0.2) is 0 Å². The lowest BCUT2D eigenvalue weighted by Crippen LogP contribution is -2.16. The molecule has 0 N–H and O–H groups in total. The van der Waals surface area contributed by atoms with Gasteiger partial charge in [-0.2, -0.15) is 0 Å². The van der Waals surface area contributed by atoms with Gasteiger partial charge in [-0.1, -0.05) is 58.6 Å². The van der Waals surface area contributed by atoms with Crippen molar-refractivity contribution in [2.24, 2.45) is 23.7 Å². The first-order valence-corrected chi connectivity index (χ1v) is 8.55. The minimum absolute atomic E-state index is 0.613. The molecule has 18 heavy (non-hydrogen) atoms. The first-order valence-electron chi connectivity index (χ1n) is 8.55. The van der Waals surface area contributed by atoms with Crippen LogP contribution in [0.5, 0.6) is 0 Å². The van der Waals surface area contributed by atoms with Crippen LogP contribution in [0.15, 0.2) is 0 Å². The topological polar surface area (TPSA) is 0 Å². The van der Waals surface area contributed by atoms with Crippen LogP contribution in [0, 0.1) is 23.7 Å². The van der Waals surface area contributed by atoms with Crippen molar-refractivity contribution < 1.29 is 0 Å². The summed E-state index contributed by atoms with van der Waals surface area (Å²) in [6, 6.07) is 0. The van der Waals surface area contributed by atoms with Crippen LogP contribution in [0.2, 0.25) is 17.9 Å². The van der Waals surface area contributed by atoms with Crippen molar-refractivity contribution in [1.82, 2.24) is 0 Å². The molecule has 2 rings (SSSR count). The van der Waals surface area contributed by atoms with Crippen LogP contribution in [0.3, 0.4) is 0 Å². The first kappa shape index (κ1) is 14.5. The predicted octanol–water partition coefficient (Wildman–Crippen LogP) is 4.33. The van der Waals surface area contributed by atoms with Gasteiger partial charge in [0.2, 0.25) is 0 Å². The van der Waals surface area contributed by atoms with E-state index >= 15 is 0 Å². The molecule has 2 saturated carbocycles. The molecule has 2 fully saturated rings. The van der Waals surface area contributed by atoms with Gasteiger partial charge in [0.05, 0.1) is 0 Å². The summed E-state index contributed by atoms with van der Waals surface area (Å²) < 4.78 is 0. The summed E-state index contributed by atoms with van der Waals surface area (Å²) in [7, 11) is 2.95. The molecular weight excluding hydrogens is 214 g/mol. The highest BCUT2D eigenvalue weighted by molar-refractivity contribution is 6.57. The van der Waals surface area contributed by atoms with Gasteiger partial charge in [-0.25, -0.2) is 0 Å². The third-order valence-electron chi connectivity index (χ3n) is 5.68. The monoisotopic (exact) mass is 246 g/mol. The molecule has 0 aromatic heterocycles. The van der Waals surface area contributed by atoms with E-state index in [1.807, 2.05) is 0 Å². The molecule has 0 spiro atoms. The lowest BCUT2D eigenvalue weighted by atomic mass is 9.41. The molecule has 0 saturated heterocycles. The fraction of sp³-hybridized carbons (Fsp3) is 1.00. The number of hydrogen-bond donors (Lipinski definition) is 0. The molecular formula is C16H32B2. The molecule has 4 unspecified atom stereocenters. The van der Waals surface area contributed by atoms with Crippen LogP contribution < -0.4 is 0 Å². The van der Waals surface area contributed by atoms with E-state index in [9.17, 15) is 0 Å². The summed E-state index contributed by atoms with van der Waals surface area (Å²) in [5.41, 5.74) is 0. The quantitative estimate of drug-likeness (QED) is 0.419. The minimum Gasteiger partial charge on any atom is -0.101 e. The molecule has 0 aromatic carbocycles. The Morgan fingerprint density at radius 2 is 1.56 bits per heavy atom. The Labute approximate surface area is 116 Å². The molecule has 0 amide bonds. The van der Waals surface area contributed by atoms with Crippen molar-refractivity contribution in [2.75, 3.05) is 0 Å². The molecule has 4 atom stereocenters. The average molecular weight is 246 g/mol. The highest BCUT2D eigenvalue weighted by atomic mass is 14.4. The van der Waals surface area contributed by atoms with E-state index < -0.39 is 0 Å². The van der Waals surface area contributed by atoms with E-state index in [2.05, 4.69) is 27.7 Å². The summed E-state index contributed by atoms with van der Waals surface area (Å²) in [5.74, 6) is 4.39. The molecule has 2 aliphatic rings. The second-order valence-corrected chi connectivity index (χ2v) is 7.94. The van der Waals surface area contributed by atoms with Gasteiger partial charge in [-0.15, -0.1) is 6.22 Å². The molecule has 0 bridgehead atoms. The largest absolute Gasteiger partial charge is 0.119 e. The highest BCUT2D eigenvalue weighted by Gasteiger charge is 2.39. The van der Waals surface area contributed by atoms with Crippen LogP contribution in [0.25, 0.3) is 0 Å². The van der Waals surface area contributed by atoms with Crippen LogP contribution in [0.1, 0.15) is 59.8 Å². The summed E-state index contributed by atoms with van der Waals surface area (Å²) in [6.07, 6.45) is 10.4. The Kier molecular flexibility index (Phi) is 4.89. The van der Waals surface area contributed by atoms with Crippen LogP contribution in [-0.2, 0) is 0 Å². The summed E-state index contributed by atoms with van der Waals surface area (Å²) in [4.78, 5) is 0. The van der Waals surface area contributed by atoms with Gasteiger partial charge in [-0.05, 0) is 36.5 Å². The SMILES string of the molecule is CCC1CC1CBCBC(C)(C)CC1CC1CC. The Morgan fingerprint density at radius 3 is 2.11 bits per heavy atom. The van der Waals surface area contributed by atoms with Crippen molar-refractivity contribution in [3.63, 3.8) is 0 Å². The highest BCUT2D eigenvalue weighted by Crippen LogP contribution is 2.50. The standard InChI is InChI=1S/C16H32B2/c1-5-12-7-14(12)9-16(3,4)18-11-17-10-15-8-13(15)6-2/h12-15,17-18H,5-11H2,1-4H3. The summed E-state index contributed by atoms with van der Waals surface area (Å²) in [6.45, 7) is 9.72. The van der Waals surface area contributed by atoms with Gasteiger partial charge < -0.3 is 0 Å². The molecule has 2 heteroatoms. The molecule has 102 valence electrons. The molecule has 0 nitrogen and oxygen atoms in total. The smallest absolute Gasteiger partial charge is 0.101 e. The van der Waals surface area contributed by atoms with E-state index in [1.165, 1.54) is 52.8 Å². The Balaban J connectivity index is 1.52. The first-order chi connectivity index (χ1) is 8.55. The lowest BCUT2D eigenvalue weighted by molar-refractivity contribution is 0.522. The van der Waals surface area contributed by atoms with E-state index in [4.69, 9.17) is 0 Å². The Bertz CT molecular complexity index is 262. The van der Waals surface area contributed by atoms with Gasteiger partial charge in [0.25, 0.3) is 0 Å². The zero-order chi connectivity index (χ0) is 13.2. The fourth-order valence-corrected chi connectivity index (χ4v) is 4.05. The average Bonchev–Trinajstić information content (AvgIpc) is 3.20. The van der Waals surface area contributed by atoms with Crippen LogP contribution >= 0.6 is 0 Å². The molecule has 0 aliphatic heterocycles. The second-order valence-electron chi connectivity index (χ2n) is 7.94. The second kappa shape index (κ2) is 6.06. The zero-order valence-corrected chi connectivity index (χ0v) is 13.2. The molecule has 0 heterocycles. The van der Waals surface area contributed by atoms with Crippen molar-refractivity contribution in [3.8, 4) is 0 Å². The van der Waals surface area contributed by atoms with E-state index in [-0.39, 0.29) is 0 Å². The van der Waals surface area contributed by atoms with Crippen molar-refractivity contribution >= 4 is 14.6 Å². The maximum absolute atomic E-state index is 2.50.